The van der Waals surface area contributed by atoms with Crippen LogP contribution in [0.15, 0.2) is 29.3 Å². The summed E-state index contributed by atoms with van der Waals surface area (Å²) in [4.78, 5) is 7.31. The molecule has 6 nitrogen and oxygen atoms in total. The van der Waals surface area contributed by atoms with Crippen LogP contribution in [0.25, 0.3) is 0 Å². The molecule has 4 atom stereocenters. The summed E-state index contributed by atoms with van der Waals surface area (Å²) in [5, 5.41) is 6.98. The molecule has 2 N–H and O–H groups in total. The Bertz CT molecular complexity index is 680. The average Bonchev–Trinajstić information content (AvgIpc) is 3.30. The molecule has 6 heteroatoms. The van der Waals surface area contributed by atoms with Crippen LogP contribution in [-0.2, 0) is 22.6 Å². The van der Waals surface area contributed by atoms with Crippen molar-refractivity contribution < 1.29 is 9.47 Å². The van der Waals surface area contributed by atoms with Crippen LogP contribution in [-0.4, -0.2) is 61.5 Å². The van der Waals surface area contributed by atoms with Crippen molar-refractivity contribution in [1.82, 2.24) is 15.5 Å². The molecule has 3 fully saturated rings. The van der Waals surface area contributed by atoms with E-state index in [2.05, 4.69) is 53.6 Å². The molecule has 4 rings (SSSR count). The largest absolute Gasteiger partial charge is 0.376 e. The molecule has 28 heavy (non-hydrogen) atoms. The van der Waals surface area contributed by atoms with Gasteiger partial charge in [-0.3, -0.25) is 4.90 Å². The first-order chi connectivity index (χ1) is 13.7. The summed E-state index contributed by atoms with van der Waals surface area (Å²) < 4.78 is 11.6. The highest BCUT2D eigenvalue weighted by Gasteiger charge is 2.41. The maximum Gasteiger partial charge on any atom is 0.191 e. The number of hydrogen-bond acceptors (Lipinski definition) is 4. The highest BCUT2D eigenvalue weighted by molar-refractivity contribution is 5.80. The number of hydrogen-bond donors (Lipinski definition) is 2. The molecule has 1 aromatic rings. The summed E-state index contributed by atoms with van der Waals surface area (Å²) in [5.41, 5.74) is 2.60. The molecule has 154 valence electrons. The molecule has 2 bridgehead atoms. The van der Waals surface area contributed by atoms with E-state index >= 15 is 0 Å². The van der Waals surface area contributed by atoms with Crippen molar-refractivity contribution in [1.29, 1.82) is 0 Å². The zero-order valence-electron chi connectivity index (χ0n) is 17.2. The van der Waals surface area contributed by atoms with Crippen LogP contribution >= 0.6 is 0 Å². The predicted octanol–water partition coefficient (Wildman–Crippen LogP) is 2.28. The third-order valence-corrected chi connectivity index (χ3v) is 5.91. The lowest BCUT2D eigenvalue weighted by atomic mass is 9.96. The van der Waals surface area contributed by atoms with E-state index in [-0.39, 0.29) is 0 Å². The molecule has 3 aliphatic heterocycles. The SMILES string of the molecule is CCNC(=NCc1cccc(CN2CCOC(C)C2)c1)NC1CC2CCC1O2. The first-order valence-electron chi connectivity index (χ1n) is 10.8. The standard InChI is InChI=1S/C22H34N4O2/c1-3-23-22(25-20-12-19-7-8-21(20)28-19)24-13-17-5-4-6-18(11-17)15-26-9-10-27-16(2)14-26/h4-6,11,16,19-21H,3,7-10,12-15H2,1-2H3,(H2,23,24,25). The molecular formula is C22H34N4O2. The van der Waals surface area contributed by atoms with Crippen molar-refractivity contribution in [2.24, 2.45) is 4.99 Å². The van der Waals surface area contributed by atoms with E-state index in [4.69, 9.17) is 14.5 Å². The number of guanidine groups is 1. The van der Waals surface area contributed by atoms with Gasteiger partial charge in [0.1, 0.15) is 0 Å². The van der Waals surface area contributed by atoms with Gasteiger partial charge in [-0.15, -0.1) is 0 Å². The van der Waals surface area contributed by atoms with Crippen molar-refractivity contribution in [3.63, 3.8) is 0 Å². The van der Waals surface area contributed by atoms with E-state index in [0.717, 1.165) is 45.2 Å². The van der Waals surface area contributed by atoms with Gasteiger partial charge in [-0.2, -0.15) is 0 Å². The highest BCUT2D eigenvalue weighted by Crippen LogP contribution is 2.34. The predicted molar refractivity (Wildman–Crippen MR) is 111 cm³/mol. The molecule has 3 aliphatic rings. The monoisotopic (exact) mass is 386 g/mol. The number of fused-ring (bicyclic) bond motifs is 2. The summed E-state index contributed by atoms with van der Waals surface area (Å²) in [6, 6.07) is 9.20. The fourth-order valence-electron chi connectivity index (χ4n) is 4.57. The van der Waals surface area contributed by atoms with E-state index < -0.39 is 0 Å². The van der Waals surface area contributed by atoms with E-state index in [0.29, 0.717) is 30.9 Å². The molecule has 3 heterocycles. The average molecular weight is 387 g/mol. The lowest BCUT2D eigenvalue weighted by Gasteiger charge is -2.31. The second kappa shape index (κ2) is 9.25. The highest BCUT2D eigenvalue weighted by atomic mass is 16.5. The fourth-order valence-corrected chi connectivity index (χ4v) is 4.57. The van der Waals surface area contributed by atoms with Gasteiger partial charge in [-0.1, -0.05) is 24.3 Å². The van der Waals surface area contributed by atoms with Gasteiger partial charge in [0.2, 0.25) is 0 Å². The molecular weight excluding hydrogens is 352 g/mol. The first-order valence-corrected chi connectivity index (χ1v) is 10.8. The minimum absolute atomic E-state index is 0.324. The zero-order valence-corrected chi connectivity index (χ0v) is 17.2. The number of benzene rings is 1. The summed E-state index contributed by atoms with van der Waals surface area (Å²) in [6.07, 6.45) is 4.61. The smallest absolute Gasteiger partial charge is 0.191 e. The van der Waals surface area contributed by atoms with Gasteiger partial charge in [-0.25, -0.2) is 4.99 Å². The Labute approximate surface area is 168 Å². The summed E-state index contributed by atoms with van der Waals surface area (Å²) >= 11 is 0. The van der Waals surface area contributed by atoms with Crippen molar-refractivity contribution >= 4 is 5.96 Å². The van der Waals surface area contributed by atoms with Crippen LogP contribution in [0.3, 0.4) is 0 Å². The summed E-state index contributed by atoms with van der Waals surface area (Å²) in [5.74, 6) is 0.899. The van der Waals surface area contributed by atoms with E-state index in [1.807, 2.05) is 0 Å². The molecule has 3 saturated heterocycles. The van der Waals surface area contributed by atoms with Crippen molar-refractivity contribution in [2.75, 3.05) is 26.2 Å². The summed E-state index contributed by atoms with van der Waals surface area (Å²) in [7, 11) is 0. The first kappa shape index (κ1) is 19.7. The van der Waals surface area contributed by atoms with Crippen molar-refractivity contribution in [3.8, 4) is 0 Å². The van der Waals surface area contributed by atoms with E-state index in [1.165, 1.54) is 24.0 Å². The van der Waals surface area contributed by atoms with Gasteiger partial charge in [0.15, 0.2) is 5.96 Å². The van der Waals surface area contributed by atoms with Gasteiger partial charge in [0.25, 0.3) is 0 Å². The van der Waals surface area contributed by atoms with Crippen LogP contribution in [0.2, 0.25) is 0 Å². The Balaban J connectivity index is 1.35. The Morgan fingerprint density at radius 3 is 2.93 bits per heavy atom. The molecule has 0 saturated carbocycles. The minimum atomic E-state index is 0.324. The van der Waals surface area contributed by atoms with E-state index in [9.17, 15) is 0 Å². The molecule has 0 aliphatic carbocycles. The maximum atomic E-state index is 5.96. The molecule has 0 aromatic heterocycles. The quantitative estimate of drug-likeness (QED) is 0.580. The third kappa shape index (κ3) is 5.04. The molecule has 4 unspecified atom stereocenters. The molecule has 1 aromatic carbocycles. The number of aliphatic imine (C=N–C) groups is 1. The van der Waals surface area contributed by atoms with Crippen LogP contribution in [0, 0.1) is 0 Å². The van der Waals surface area contributed by atoms with Crippen molar-refractivity contribution in [3.05, 3.63) is 35.4 Å². The number of morpholine rings is 1. The van der Waals surface area contributed by atoms with Crippen LogP contribution in [0.4, 0.5) is 0 Å². The lowest BCUT2D eigenvalue weighted by molar-refractivity contribution is -0.0212. The molecule has 0 amide bonds. The normalized spacial score (nSPS) is 30.6. The van der Waals surface area contributed by atoms with Gasteiger partial charge in [0.05, 0.1) is 37.5 Å². The Morgan fingerprint density at radius 1 is 1.29 bits per heavy atom. The second-order valence-corrected chi connectivity index (χ2v) is 8.29. The topological polar surface area (TPSA) is 58.1 Å². The Hall–Kier alpha value is -1.63. The lowest BCUT2D eigenvalue weighted by Crippen LogP contribution is -2.47. The van der Waals surface area contributed by atoms with Gasteiger partial charge in [0, 0.05) is 26.2 Å². The Morgan fingerprint density at radius 2 is 2.18 bits per heavy atom. The number of nitrogens with one attached hydrogen (secondary N) is 2. The van der Waals surface area contributed by atoms with Crippen LogP contribution < -0.4 is 10.6 Å². The van der Waals surface area contributed by atoms with Crippen LogP contribution in [0.1, 0.15) is 44.2 Å². The number of ether oxygens (including phenoxy) is 2. The van der Waals surface area contributed by atoms with Gasteiger partial charge >= 0.3 is 0 Å². The zero-order chi connectivity index (χ0) is 19.3. The number of nitrogens with zero attached hydrogens (tertiary/aromatic N) is 2. The summed E-state index contributed by atoms with van der Waals surface area (Å²) in [6.45, 7) is 9.62. The fraction of sp³-hybridized carbons (Fsp3) is 0.682. The number of rotatable bonds is 6. The minimum Gasteiger partial charge on any atom is -0.376 e. The van der Waals surface area contributed by atoms with Gasteiger partial charge < -0.3 is 20.1 Å². The van der Waals surface area contributed by atoms with Gasteiger partial charge in [-0.05, 0) is 44.2 Å². The molecule has 0 radical (unpaired) electrons. The third-order valence-electron chi connectivity index (χ3n) is 5.91. The van der Waals surface area contributed by atoms with E-state index in [1.54, 1.807) is 0 Å². The van der Waals surface area contributed by atoms with Crippen molar-refractivity contribution in [2.45, 2.75) is 70.6 Å². The Kier molecular flexibility index (Phi) is 6.50. The van der Waals surface area contributed by atoms with Crippen LogP contribution in [0.5, 0.6) is 0 Å². The second-order valence-electron chi connectivity index (χ2n) is 8.29. The maximum absolute atomic E-state index is 5.96. The molecule has 0 spiro atoms.